The van der Waals surface area contributed by atoms with E-state index < -0.39 is 6.10 Å². The summed E-state index contributed by atoms with van der Waals surface area (Å²) in [5.41, 5.74) is 0.781. The molecular formula is C21H30IN3O3. The second-order valence-corrected chi connectivity index (χ2v) is 6.07. The highest BCUT2D eigenvalue weighted by molar-refractivity contribution is 14.0. The summed E-state index contributed by atoms with van der Waals surface area (Å²) in [6, 6.07) is 17.1. The number of para-hydroxylation sites is 1. The minimum atomic E-state index is -0.692. The first-order valence-electron chi connectivity index (χ1n) is 9.13. The van der Waals surface area contributed by atoms with E-state index in [9.17, 15) is 5.11 Å². The number of methoxy groups -OCH3 is 1. The van der Waals surface area contributed by atoms with Gasteiger partial charge in [0, 0.05) is 13.6 Å². The lowest BCUT2D eigenvalue weighted by Crippen LogP contribution is -2.41. The molecule has 2 aromatic carbocycles. The van der Waals surface area contributed by atoms with Crippen LogP contribution in [0.1, 0.15) is 18.6 Å². The maximum Gasteiger partial charge on any atom is 0.193 e. The number of rotatable bonds is 9. The summed E-state index contributed by atoms with van der Waals surface area (Å²) >= 11 is 0. The van der Waals surface area contributed by atoms with Crippen LogP contribution in [0.2, 0.25) is 0 Å². The smallest absolute Gasteiger partial charge is 0.193 e. The van der Waals surface area contributed by atoms with Crippen LogP contribution in [0.5, 0.6) is 11.5 Å². The van der Waals surface area contributed by atoms with Gasteiger partial charge in [-0.2, -0.15) is 0 Å². The van der Waals surface area contributed by atoms with Crippen LogP contribution in [0, 0.1) is 0 Å². The first kappa shape index (κ1) is 24.0. The van der Waals surface area contributed by atoms with Gasteiger partial charge in [-0.15, -0.1) is 24.0 Å². The van der Waals surface area contributed by atoms with Gasteiger partial charge in [-0.1, -0.05) is 30.3 Å². The SMILES string of the molecule is CCNC(=NCC(O)c1cccc(OC)c1)N(C)CCOc1ccccc1.I. The molecule has 0 aromatic heterocycles. The van der Waals surface area contributed by atoms with Crippen LogP contribution in [0.3, 0.4) is 0 Å². The van der Waals surface area contributed by atoms with E-state index >= 15 is 0 Å². The lowest BCUT2D eigenvalue weighted by molar-refractivity contribution is 0.186. The minimum absolute atomic E-state index is 0. The number of benzene rings is 2. The molecule has 2 aromatic rings. The van der Waals surface area contributed by atoms with E-state index in [0.717, 1.165) is 29.6 Å². The van der Waals surface area contributed by atoms with Crippen LogP contribution in [0.25, 0.3) is 0 Å². The van der Waals surface area contributed by atoms with Crippen molar-refractivity contribution in [2.24, 2.45) is 4.99 Å². The number of hydrogen-bond acceptors (Lipinski definition) is 4. The molecule has 0 spiro atoms. The predicted octanol–water partition coefficient (Wildman–Crippen LogP) is 3.32. The van der Waals surface area contributed by atoms with Crippen molar-refractivity contribution in [2.45, 2.75) is 13.0 Å². The highest BCUT2D eigenvalue weighted by atomic mass is 127. The molecule has 0 fully saturated rings. The Morgan fingerprint density at radius 2 is 1.86 bits per heavy atom. The molecule has 0 radical (unpaired) electrons. The summed E-state index contributed by atoms with van der Waals surface area (Å²) in [7, 11) is 3.56. The molecule has 0 saturated heterocycles. The van der Waals surface area contributed by atoms with E-state index in [2.05, 4.69) is 10.3 Å². The minimum Gasteiger partial charge on any atom is -0.497 e. The Bertz CT molecular complexity index is 713. The summed E-state index contributed by atoms with van der Waals surface area (Å²) in [4.78, 5) is 6.55. The number of halogens is 1. The molecule has 6 nitrogen and oxygen atoms in total. The molecule has 1 atom stereocenters. The van der Waals surface area contributed by atoms with Crippen molar-refractivity contribution < 1.29 is 14.6 Å². The highest BCUT2D eigenvalue weighted by Gasteiger charge is 2.11. The van der Waals surface area contributed by atoms with Crippen molar-refractivity contribution in [2.75, 3.05) is 40.4 Å². The molecule has 0 aliphatic rings. The predicted molar refractivity (Wildman–Crippen MR) is 124 cm³/mol. The molecule has 0 aliphatic heterocycles. The van der Waals surface area contributed by atoms with E-state index in [4.69, 9.17) is 9.47 Å². The van der Waals surface area contributed by atoms with E-state index in [-0.39, 0.29) is 30.5 Å². The van der Waals surface area contributed by atoms with Crippen molar-refractivity contribution in [1.82, 2.24) is 10.2 Å². The number of aliphatic imine (C=N–C) groups is 1. The van der Waals surface area contributed by atoms with Crippen LogP contribution in [-0.2, 0) is 0 Å². The number of nitrogens with zero attached hydrogens (tertiary/aromatic N) is 2. The van der Waals surface area contributed by atoms with Gasteiger partial charge in [-0.25, -0.2) is 0 Å². The Morgan fingerprint density at radius 3 is 2.54 bits per heavy atom. The number of guanidine groups is 1. The molecule has 2 N–H and O–H groups in total. The zero-order valence-electron chi connectivity index (χ0n) is 16.7. The fraction of sp³-hybridized carbons (Fsp3) is 0.381. The first-order valence-corrected chi connectivity index (χ1v) is 9.13. The monoisotopic (exact) mass is 499 g/mol. The lowest BCUT2D eigenvalue weighted by Gasteiger charge is -2.22. The Morgan fingerprint density at radius 1 is 1.14 bits per heavy atom. The highest BCUT2D eigenvalue weighted by Crippen LogP contribution is 2.19. The molecule has 154 valence electrons. The van der Waals surface area contributed by atoms with Crippen molar-refractivity contribution in [3.63, 3.8) is 0 Å². The van der Waals surface area contributed by atoms with Crippen molar-refractivity contribution in [3.8, 4) is 11.5 Å². The molecule has 2 rings (SSSR count). The quantitative estimate of drug-likeness (QED) is 0.315. The number of aliphatic hydroxyl groups is 1. The van der Waals surface area contributed by atoms with Crippen molar-refractivity contribution >= 4 is 29.9 Å². The van der Waals surface area contributed by atoms with Crippen LogP contribution >= 0.6 is 24.0 Å². The molecule has 7 heteroatoms. The standard InChI is InChI=1S/C21H29N3O3.HI/c1-4-22-21(24(2)13-14-27-18-10-6-5-7-11-18)23-16-20(25)17-9-8-12-19(15-17)26-3;/h5-12,15,20,25H,4,13-14,16H2,1-3H3,(H,22,23);1H. The summed E-state index contributed by atoms with van der Waals surface area (Å²) in [6.45, 7) is 4.25. The van der Waals surface area contributed by atoms with Gasteiger partial charge in [0.05, 0.1) is 26.3 Å². The van der Waals surface area contributed by atoms with Gasteiger partial charge in [-0.05, 0) is 36.8 Å². The lowest BCUT2D eigenvalue weighted by atomic mass is 10.1. The number of ether oxygens (including phenoxy) is 2. The third-order valence-corrected chi connectivity index (χ3v) is 4.03. The van der Waals surface area contributed by atoms with E-state index in [1.807, 2.05) is 73.5 Å². The van der Waals surface area contributed by atoms with E-state index in [1.54, 1.807) is 7.11 Å². The van der Waals surface area contributed by atoms with Crippen LogP contribution in [0.4, 0.5) is 0 Å². The molecule has 0 saturated carbocycles. The number of hydrogen-bond donors (Lipinski definition) is 2. The average molecular weight is 499 g/mol. The van der Waals surface area contributed by atoms with Gasteiger partial charge >= 0.3 is 0 Å². The van der Waals surface area contributed by atoms with Gasteiger partial charge in [0.15, 0.2) is 5.96 Å². The maximum atomic E-state index is 10.4. The van der Waals surface area contributed by atoms with E-state index in [0.29, 0.717) is 13.2 Å². The van der Waals surface area contributed by atoms with Crippen LogP contribution in [0.15, 0.2) is 59.6 Å². The maximum absolute atomic E-state index is 10.4. The van der Waals surface area contributed by atoms with Gasteiger partial charge in [-0.3, -0.25) is 4.99 Å². The zero-order valence-corrected chi connectivity index (χ0v) is 19.0. The largest absolute Gasteiger partial charge is 0.497 e. The van der Waals surface area contributed by atoms with Gasteiger partial charge in [0.25, 0.3) is 0 Å². The fourth-order valence-corrected chi connectivity index (χ4v) is 2.52. The van der Waals surface area contributed by atoms with Gasteiger partial charge in [0.2, 0.25) is 0 Å². The van der Waals surface area contributed by atoms with E-state index in [1.165, 1.54) is 0 Å². The fourth-order valence-electron chi connectivity index (χ4n) is 2.52. The molecule has 28 heavy (non-hydrogen) atoms. The molecule has 0 heterocycles. The van der Waals surface area contributed by atoms with Crippen molar-refractivity contribution in [1.29, 1.82) is 0 Å². The number of likely N-dealkylation sites (N-methyl/N-ethyl adjacent to an activating group) is 1. The molecular weight excluding hydrogens is 469 g/mol. The number of nitrogens with one attached hydrogen (secondary N) is 1. The molecule has 0 aliphatic carbocycles. The summed E-state index contributed by atoms with van der Waals surface area (Å²) in [6.07, 6.45) is -0.692. The molecule has 1 unspecified atom stereocenters. The Labute approximate surface area is 184 Å². The third-order valence-electron chi connectivity index (χ3n) is 4.03. The Kier molecular flexibility index (Phi) is 11.4. The summed E-state index contributed by atoms with van der Waals surface area (Å²) in [5.74, 6) is 2.30. The second kappa shape index (κ2) is 13.2. The molecule has 0 bridgehead atoms. The van der Waals surface area contributed by atoms with Gasteiger partial charge < -0.3 is 24.8 Å². The molecule has 0 amide bonds. The summed E-state index contributed by atoms with van der Waals surface area (Å²) in [5, 5.41) is 13.7. The third kappa shape index (κ3) is 7.93. The van der Waals surface area contributed by atoms with Crippen LogP contribution in [-0.4, -0.2) is 56.4 Å². The average Bonchev–Trinajstić information content (AvgIpc) is 2.71. The zero-order chi connectivity index (χ0) is 19.5. The second-order valence-electron chi connectivity index (χ2n) is 6.07. The topological polar surface area (TPSA) is 66.3 Å². The number of aliphatic hydroxyl groups excluding tert-OH is 1. The Hall–Kier alpha value is -2.00. The Balaban J connectivity index is 0.00000392. The van der Waals surface area contributed by atoms with Gasteiger partial charge in [0.1, 0.15) is 18.1 Å². The summed E-state index contributed by atoms with van der Waals surface area (Å²) < 4.78 is 10.9. The first-order chi connectivity index (χ1) is 13.1. The van der Waals surface area contributed by atoms with Crippen molar-refractivity contribution in [3.05, 3.63) is 60.2 Å². The van der Waals surface area contributed by atoms with Crippen LogP contribution < -0.4 is 14.8 Å². The normalized spacial score (nSPS) is 11.9.